The van der Waals surface area contributed by atoms with Crippen LogP contribution in [-0.4, -0.2) is 17.7 Å². The number of aromatic hydroxyl groups is 1. The van der Waals surface area contributed by atoms with Crippen molar-refractivity contribution in [3.8, 4) is 17.6 Å². The Morgan fingerprint density at radius 1 is 1.41 bits per heavy atom. The van der Waals surface area contributed by atoms with E-state index in [9.17, 15) is 13.6 Å². The van der Waals surface area contributed by atoms with Gasteiger partial charge in [-0.05, 0) is 19.1 Å². The second kappa shape index (κ2) is 5.85. The molecular weight excluding hydrogens is 230 g/mol. The first kappa shape index (κ1) is 13.0. The van der Waals surface area contributed by atoms with Crippen LogP contribution in [0.15, 0.2) is 12.1 Å². The van der Waals surface area contributed by atoms with Crippen molar-refractivity contribution in [2.24, 2.45) is 0 Å². The third-order valence-corrected chi connectivity index (χ3v) is 1.79. The number of carbonyl (C=O) groups is 1. The number of hydrogen-bond donors (Lipinski definition) is 1. The Hall–Kier alpha value is -2.09. The summed E-state index contributed by atoms with van der Waals surface area (Å²) >= 11 is 0. The summed E-state index contributed by atoms with van der Waals surface area (Å²) in [6.45, 7) is 1.92. The van der Waals surface area contributed by atoms with E-state index in [4.69, 9.17) is 5.11 Å². The molecule has 1 rings (SSSR count). The third kappa shape index (κ3) is 3.76. The molecule has 17 heavy (non-hydrogen) atoms. The summed E-state index contributed by atoms with van der Waals surface area (Å²) in [6.07, 6.45) is -0.155. The first-order valence-electron chi connectivity index (χ1n) is 4.87. The van der Waals surface area contributed by atoms with Gasteiger partial charge in [0.2, 0.25) is 0 Å². The third-order valence-electron chi connectivity index (χ3n) is 1.79. The van der Waals surface area contributed by atoms with Crippen LogP contribution in [0.4, 0.5) is 8.78 Å². The van der Waals surface area contributed by atoms with E-state index < -0.39 is 23.4 Å². The molecule has 0 amide bonds. The highest BCUT2D eigenvalue weighted by molar-refractivity contribution is 5.72. The first-order valence-corrected chi connectivity index (χ1v) is 4.87. The fourth-order valence-corrected chi connectivity index (χ4v) is 1.07. The molecule has 0 aliphatic carbocycles. The Kier molecular flexibility index (Phi) is 4.46. The highest BCUT2D eigenvalue weighted by atomic mass is 19.1. The van der Waals surface area contributed by atoms with E-state index >= 15 is 0 Å². The quantitative estimate of drug-likeness (QED) is 0.635. The molecule has 1 aromatic carbocycles. The van der Waals surface area contributed by atoms with Crippen molar-refractivity contribution in [1.82, 2.24) is 0 Å². The van der Waals surface area contributed by atoms with Crippen LogP contribution in [0.3, 0.4) is 0 Å². The van der Waals surface area contributed by atoms with Crippen molar-refractivity contribution in [2.75, 3.05) is 6.61 Å². The SMILES string of the molecule is CCOC(=O)CC#Cc1cc(F)c(O)c(F)c1. The van der Waals surface area contributed by atoms with Crippen LogP contribution in [0.1, 0.15) is 18.9 Å². The smallest absolute Gasteiger partial charge is 0.317 e. The van der Waals surface area contributed by atoms with Gasteiger partial charge in [-0.25, -0.2) is 8.78 Å². The summed E-state index contributed by atoms with van der Waals surface area (Å²) in [5, 5.41) is 8.84. The molecule has 0 aromatic heterocycles. The average molecular weight is 240 g/mol. The van der Waals surface area contributed by atoms with E-state index in [2.05, 4.69) is 16.6 Å². The number of carbonyl (C=O) groups excluding carboxylic acids is 1. The monoisotopic (exact) mass is 240 g/mol. The Morgan fingerprint density at radius 3 is 2.53 bits per heavy atom. The van der Waals surface area contributed by atoms with Crippen LogP contribution in [0.2, 0.25) is 0 Å². The van der Waals surface area contributed by atoms with Gasteiger partial charge in [0.25, 0.3) is 0 Å². The minimum absolute atomic E-state index is 0.0436. The van der Waals surface area contributed by atoms with Gasteiger partial charge in [0.1, 0.15) is 6.42 Å². The molecule has 0 atom stereocenters. The number of rotatable bonds is 2. The van der Waals surface area contributed by atoms with Gasteiger partial charge in [0, 0.05) is 5.56 Å². The van der Waals surface area contributed by atoms with Crippen LogP contribution in [-0.2, 0) is 9.53 Å². The number of phenols is 1. The molecule has 0 saturated heterocycles. The minimum Gasteiger partial charge on any atom is -0.503 e. The Labute approximate surface area is 97.0 Å². The Morgan fingerprint density at radius 2 is 2.00 bits per heavy atom. The minimum atomic E-state index is -1.09. The van der Waals surface area contributed by atoms with E-state index in [0.717, 1.165) is 12.1 Å². The molecule has 90 valence electrons. The Bertz CT molecular complexity index is 463. The van der Waals surface area contributed by atoms with Gasteiger partial charge in [-0.2, -0.15) is 0 Å². The highest BCUT2D eigenvalue weighted by Crippen LogP contribution is 2.20. The van der Waals surface area contributed by atoms with Gasteiger partial charge in [0.15, 0.2) is 17.4 Å². The maximum absolute atomic E-state index is 12.9. The molecule has 5 heteroatoms. The molecule has 3 nitrogen and oxygen atoms in total. The zero-order valence-corrected chi connectivity index (χ0v) is 9.09. The lowest BCUT2D eigenvalue weighted by molar-refractivity contribution is -0.141. The molecule has 0 saturated carbocycles. The number of ether oxygens (including phenoxy) is 1. The zero-order valence-electron chi connectivity index (χ0n) is 9.09. The van der Waals surface area contributed by atoms with Gasteiger partial charge < -0.3 is 9.84 Å². The standard InChI is InChI=1S/C12H10F2O3/c1-2-17-11(15)5-3-4-8-6-9(13)12(16)10(14)7-8/h6-7,16H,2,5H2,1H3. The lowest BCUT2D eigenvalue weighted by Gasteiger charge is -1.98. The average Bonchev–Trinajstić information content (AvgIpc) is 2.26. The van der Waals surface area contributed by atoms with E-state index in [1.165, 1.54) is 0 Å². The van der Waals surface area contributed by atoms with Crippen LogP contribution >= 0.6 is 0 Å². The molecule has 0 spiro atoms. The zero-order chi connectivity index (χ0) is 12.8. The van der Waals surface area contributed by atoms with Crippen molar-refractivity contribution in [3.05, 3.63) is 29.3 Å². The predicted molar refractivity (Wildman–Crippen MR) is 56.2 cm³/mol. The van der Waals surface area contributed by atoms with E-state index in [1.54, 1.807) is 6.92 Å². The Balaban J connectivity index is 2.76. The first-order chi connectivity index (χ1) is 8.04. The highest BCUT2D eigenvalue weighted by Gasteiger charge is 2.08. The molecule has 0 unspecified atom stereocenters. The predicted octanol–water partition coefficient (Wildman–Crippen LogP) is 1.98. The lowest BCUT2D eigenvalue weighted by Crippen LogP contribution is -2.01. The fraction of sp³-hybridized carbons (Fsp3) is 0.250. The number of benzene rings is 1. The molecule has 1 aromatic rings. The molecular formula is C12H10F2O3. The number of halogens is 2. The molecule has 0 fully saturated rings. The van der Waals surface area contributed by atoms with E-state index in [0.29, 0.717) is 0 Å². The van der Waals surface area contributed by atoms with Gasteiger partial charge in [0.05, 0.1) is 6.61 Å². The summed E-state index contributed by atoms with van der Waals surface area (Å²) in [6, 6.07) is 1.77. The van der Waals surface area contributed by atoms with Crippen LogP contribution < -0.4 is 0 Å². The van der Waals surface area contributed by atoms with E-state index in [-0.39, 0.29) is 18.6 Å². The second-order valence-corrected chi connectivity index (χ2v) is 3.07. The van der Waals surface area contributed by atoms with Gasteiger partial charge in [-0.15, -0.1) is 0 Å². The number of esters is 1. The number of hydrogen-bond acceptors (Lipinski definition) is 3. The molecule has 0 heterocycles. The van der Waals surface area contributed by atoms with Crippen molar-refractivity contribution >= 4 is 5.97 Å². The number of phenolic OH excluding ortho intramolecular Hbond substituents is 1. The maximum atomic E-state index is 12.9. The summed E-state index contributed by atoms with van der Waals surface area (Å²) in [7, 11) is 0. The normalized spacial score (nSPS) is 9.35. The summed E-state index contributed by atoms with van der Waals surface area (Å²) in [5.41, 5.74) is 0.0436. The summed E-state index contributed by atoms with van der Waals surface area (Å²) < 4.78 is 30.4. The van der Waals surface area contributed by atoms with Crippen molar-refractivity contribution in [2.45, 2.75) is 13.3 Å². The summed E-state index contributed by atoms with van der Waals surface area (Å²) in [4.78, 5) is 10.9. The maximum Gasteiger partial charge on any atom is 0.317 e. The molecule has 0 radical (unpaired) electrons. The largest absolute Gasteiger partial charge is 0.503 e. The second-order valence-electron chi connectivity index (χ2n) is 3.07. The topological polar surface area (TPSA) is 46.5 Å². The van der Waals surface area contributed by atoms with Crippen molar-refractivity contribution in [3.63, 3.8) is 0 Å². The van der Waals surface area contributed by atoms with Gasteiger partial charge >= 0.3 is 5.97 Å². The molecule has 0 aliphatic rings. The molecule has 1 N–H and O–H groups in total. The molecule has 0 bridgehead atoms. The fourth-order valence-electron chi connectivity index (χ4n) is 1.07. The van der Waals surface area contributed by atoms with Crippen LogP contribution in [0.25, 0.3) is 0 Å². The van der Waals surface area contributed by atoms with Crippen molar-refractivity contribution < 1.29 is 23.4 Å². The van der Waals surface area contributed by atoms with Crippen LogP contribution in [0, 0.1) is 23.5 Å². The molecule has 0 aliphatic heterocycles. The van der Waals surface area contributed by atoms with Gasteiger partial charge in [-0.3, -0.25) is 4.79 Å². The van der Waals surface area contributed by atoms with Crippen LogP contribution in [0.5, 0.6) is 5.75 Å². The van der Waals surface area contributed by atoms with Crippen molar-refractivity contribution in [1.29, 1.82) is 0 Å². The lowest BCUT2D eigenvalue weighted by atomic mass is 10.2. The van der Waals surface area contributed by atoms with Gasteiger partial charge in [-0.1, -0.05) is 11.8 Å². The van der Waals surface area contributed by atoms with E-state index in [1.807, 2.05) is 0 Å². The summed E-state index contributed by atoms with van der Waals surface area (Å²) in [5.74, 6) is 1.10.